The average molecular weight is 289 g/mol. The number of rotatable bonds is 2. The minimum Gasteiger partial charge on any atom is -0.349 e. The van der Waals surface area contributed by atoms with Crippen molar-refractivity contribution in [3.8, 4) is 0 Å². The summed E-state index contributed by atoms with van der Waals surface area (Å²) in [4.78, 5) is 11.9. The van der Waals surface area contributed by atoms with Crippen LogP contribution in [-0.4, -0.2) is 11.9 Å². The normalized spacial score (nSPS) is 22.9. The van der Waals surface area contributed by atoms with Gasteiger partial charge in [-0.15, -0.1) is 0 Å². The first kappa shape index (κ1) is 14.8. The van der Waals surface area contributed by atoms with Crippen LogP contribution in [0.1, 0.15) is 42.1 Å². The van der Waals surface area contributed by atoms with E-state index in [9.17, 15) is 22.4 Å². The second-order valence-electron chi connectivity index (χ2n) is 5.18. The molecule has 1 N–H and O–H groups in total. The highest BCUT2D eigenvalue weighted by Gasteiger charge is 2.35. The van der Waals surface area contributed by atoms with E-state index < -0.39 is 23.5 Å². The summed E-state index contributed by atoms with van der Waals surface area (Å²) in [5, 5.41) is 2.71. The van der Waals surface area contributed by atoms with E-state index in [4.69, 9.17) is 0 Å². The molecule has 0 heterocycles. The van der Waals surface area contributed by atoms with E-state index in [0.717, 1.165) is 25.3 Å². The predicted octanol–water partition coefficient (Wildman–Crippen LogP) is 3.76. The molecule has 0 spiro atoms. The highest BCUT2D eigenvalue weighted by Crippen LogP contribution is 2.32. The fraction of sp³-hybridized carbons (Fsp3) is 0.500. The fourth-order valence-electron chi connectivity index (χ4n) is 2.50. The van der Waals surface area contributed by atoms with Gasteiger partial charge in [0, 0.05) is 11.6 Å². The van der Waals surface area contributed by atoms with Crippen molar-refractivity contribution >= 4 is 5.91 Å². The summed E-state index contributed by atoms with van der Waals surface area (Å²) in [6, 6.07) is 2.28. The molecule has 2 rings (SSSR count). The molecular formula is C14H15F4NO. The molecule has 0 radical (unpaired) electrons. The quantitative estimate of drug-likeness (QED) is 0.825. The van der Waals surface area contributed by atoms with Crippen LogP contribution >= 0.6 is 0 Å². The lowest BCUT2D eigenvalue weighted by Crippen LogP contribution is -2.36. The van der Waals surface area contributed by atoms with Crippen molar-refractivity contribution in [3.05, 3.63) is 35.1 Å². The number of amides is 1. The van der Waals surface area contributed by atoms with Crippen LogP contribution in [-0.2, 0) is 6.18 Å². The lowest BCUT2D eigenvalue weighted by atomic mass is 10.0. The summed E-state index contributed by atoms with van der Waals surface area (Å²) in [6.07, 6.45) is -2.01. The van der Waals surface area contributed by atoms with Crippen molar-refractivity contribution in [2.24, 2.45) is 5.92 Å². The zero-order valence-electron chi connectivity index (χ0n) is 10.9. The van der Waals surface area contributed by atoms with Crippen LogP contribution in [0.5, 0.6) is 0 Å². The maximum absolute atomic E-state index is 13.1. The monoisotopic (exact) mass is 289 g/mol. The Morgan fingerprint density at radius 1 is 1.30 bits per heavy atom. The second kappa shape index (κ2) is 5.42. The zero-order valence-corrected chi connectivity index (χ0v) is 10.9. The van der Waals surface area contributed by atoms with Gasteiger partial charge in [0.15, 0.2) is 0 Å². The van der Waals surface area contributed by atoms with Gasteiger partial charge < -0.3 is 5.32 Å². The Kier molecular flexibility index (Phi) is 4.01. The Bertz CT molecular complexity index is 512. The van der Waals surface area contributed by atoms with Gasteiger partial charge in [0.25, 0.3) is 5.91 Å². The Balaban J connectivity index is 2.18. The van der Waals surface area contributed by atoms with Crippen molar-refractivity contribution in [2.45, 2.75) is 38.4 Å². The van der Waals surface area contributed by atoms with Gasteiger partial charge in [0.2, 0.25) is 0 Å². The maximum Gasteiger partial charge on any atom is 0.419 e. The maximum atomic E-state index is 13.1. The van der Waals surface area contributed by atoms with Crippen LogP contribution in [0.4, 0.5) is 17.6 Å². The number of carbonyl (C=O) groups excluding carboxylic acids is 1. The van der Waals surface area contributed by atoms with Crippen molar-refractivity contribution in [1.82, 2.24) is 5.32 Å². The molecule has 0 aliphatic heterocycles. The third-order valence-electron chi connectivity index (χ3n) is 3.71. The molecule has 2 nitrogen and oxygen atoms in total. The smallest absolute Gasteiger partial charge is 0.349 e. The SMILES string of the molecule is CC1CCCC1NC(=O)c1ccc(F)c(C(F)(F)F)c1. The molecule has 1 aliphatic rings. The van der Waals surface area contributed by atoms with E-state index in [1.54, 1.807) is 0 Å². The topological polar surface area (TPSA) is 29.1 Å². The predicted molar refractivity (Wildman–Crippen MR) is 65.7 cm³/mol. The van der Waals surface area contributed by atoms with Gasteiger partial charge in [-0.1, -0.05) is 13.3 Å². The molecule has 20 heavy (non-hydrogen) atoms. The van der Waals surface area contributed by atoms with Crippen LogP contribution in [0, 0.1) is 11.7 Å². The summed E-state index contributed by atoms with van der Waals surface area (Å²) in [5.41, 5.74) is -1.58. The summed E-state index contributed by atoms with van der Waals surface area (Å²) in [7, 11) is 0. The molecule has 6 heteroatoms. The van der Waals surface area contributed by atoms with E-state index >= 15 is 0 Å². The molecule has 110 valence electrons. The largest absolute Gasteiger partial charge is 0.419 e. The number of halogens is 4. The third-order valence-corrected chi connectivity index (χ3v) is 3.71. The third kappa shape index (κ3) is 3.11. The molecule has 2 atom stereocenters. The first-order valence-electron chi connectivity index (χ1n) is 6.46. The number of carbonyl (C=O) groups is 1. The minimum atomic E-state index is -4.80. The van der Waals surface area contributed by atoms with Crippen molar-refractivity contribution in [3.63, 3.8) is 0 Å². The lowest BCUT2D eigenvalue weighted by molar-refractivity contribution is -0.140. The van der Waals surface area contributed by atoms with E-state index in [1.165, 1.54) is 0 Å². The Labute approximate surface area is 114 Å². The van der Waals surface area contributed by atoms with Gasteiger partial charge in [0.1, 0.15) is 5.82 Å². The first-order valence-corrected chi connectivity index (χ1v) is 6.46. The van der Waals surface area contributed by atoms with Crippen molar-refractivity contribution in [2.75, 3.05) is 0 Å². The molecule has 1 saturated carbocycles. The highest BCUT2D eigenvalue weighted by molar-refractivity contribution is 5.94. The standard InChI is InChI=1S/C14H15F4NO/c1-8-3-2-4-12(8)19-13(20)9-5-6-11(15)10(7-9)14(16,17)18/h5-8,12H,2-4H2,1H3,(H,19,20). The molecule has 1 aromatic rings. The van der Waals surface area contributed by atoms with Crippen LogP contribution < -0.4 is 5.32 Å². The van der Waals surface area contributed by atoms with Crippen LogP contribution in [0.25, 0.3) is 0 Å². The van der Waals surface area contributed by atoms with Gasteiger partial charge in [-0.2, -0.15) is 13.2 Å². The summed E-state index contributed by atoms with van der Waals surface area (Å²) >= 11 is 0. The summed E-state index contributed by atoms with van der Waals surface area (Å²) < 4.78 is 50.9. The van der Waals surface area contributed by atoms with Crippen LogP contribution in [0.2, 0.25) is 0 Å². The molecule has 1 amide bonds. The summed E-state index contributed by atoms with van der Waals surface area (Å²) in [6.45, 7) is 1.99. The van der Waals surface area contributed by atoms with Crippen LogP contribution in [0.3, 0.4) is 0 Å². The van der Waals surface area contributed by atoms with Gasteiger partial charge in [-0.3, -0.25) is 4.79 Å². The summed E-state index contributed by atoms with van der Waals surface area (Å²) in [5.74, 6) is -1.65. The molecule has 0 bridgehead atoms. The Hall–Kier alpha value is -1.59. The number of nitrogens with one attached hydrogen (secondary N) is 1. The van der Waals surface area contributed by atoms with Crippen molar-refractivity contribution in [1.29, 1.82) is 0 Å². The molecule has 0 aromatic heterocycles. The van der Waals surface area contributed by atoms with Gasteiger partial charge in [-0.25, -0.2) is 4.39 Å². The highest BCUT2D eigenvalue weighted by atomic mass is 19.4. The number of alkyl halides is 3. The van der Waals surface area contributed by atoms with Gasteiger partial charge in [-0.05, 0) is 37.0 Å². The van der Waals surface area contributed by atoms with E-state index in [-0.39, 0.29) is 11.6 Å². The first-order chi connectivity index (χ1) is 9.29. The minimum absolute atomic E-state index is 0.0260. The second-order valence-corrected chi connectivity index (χ2v) is 5.18. The molecule has 0 saturated heterocycles. The molecule has 1 aromatic carbocycles. The van der Waals surface area contributed by atoms with Crippen LogP contribution in [0.15, 0.2) is 18.2 Å². The molecule has 1 fully saturated rings. The fourth-order valence-corrected chi connectivity index (χ4v) is 2.50. The van der Waals surface area contributed by atoms with E-state index in [1.807, 2.05) is 6.92 Å². The van der Waals surface area contributed by atoms with Crippen molar-refractivity contribution < 1.29 is 22.4 Å². The Morgan fingerprint density at radius 2 is 2.00 bits per heavy atom. The Morgan fingerprint density at radius 3 is 2.55 bits per heavy atom. The molecule has 1 aliphatic carbocycles. The lowest BCUT2D eigenvalue weighted by Gasteiger charge is -2.18. The van der Waals surface area contributed by atoms with E-state index in [2.05, 4.69) is 5.32 Å². The van der Waals surface area contributed by atoms with Gasteiger partial charge in [0.05, 0.1) is 5.56 Å². The number of benzene rings is 1. The van der Waals surface area contributed by atoms with E-state index in [0.29, 0.717) is 18.1 Å². The molecule has 2 unspecified atom stereocenters. The average Bonchev–Trinajstić information content (AvgIpc) is 2.74. The molecular weight excluding hydrogens is 274 g/mol. The number of hydrogen-bond acceptors (Lipinski definition) is 1. The van der Waals surface area contributed by atoms with Gasteiger partial charge >= 0.3 is 6.18 Å². The number of hydrogen-bond donors (Lipinski definition) is 1. The zero-order chi connectivity index (χ0) is 14.9.